The van der Waals surface area contributed by atoms with Crippen LogP contribution in [0.2, 0.25) is 0 Å². The van der Waals surface area contributed by atoms with Gasteiger partial charge in [-0.1, -0.05) is 0 Å². The Morgan fingerprint density at radius 2 is 1.92 bits per heavy atom. The molecule has 0 aromatic heterocycles. The quantitative estimate of drug-likeness (QED) is 0.523. The van der Waals surface area contributed by atoms with Crippen molar-refractivity contribution in [2.24, 2.45) is 0 Å². The Bertz CT molecular complexity index is 1000. The average molecular weight is 516 g/mol. The zero-order chi connectivity index (χ0) is 18.3. The van der Waals surface area contributed by atoms with Crippen molar-refractivity contribution in [3.05, 3.63) is 31.9 Å². The SMILES string of the molecule is COC(=O)C1=[C]([Re](=[C]=O)(=[C]=O)(=[C]=O)[C]2=CC=CC2)C[C@@H]2CC[C@H]1N2C. The van der Waals surface area contributed by atoms with Crippen molar-refractivity contribution in [1.29, 1.82) is 0 Å². The number of rotatable bonds is 3. The van der Waals surface area contributed by atoms with Gasteiger partial charge in [0.05, 0.1) is 0 Å². The van der Waals surface area contributed by atoms with E-state index >= 15 is 0 Å². The molecule has 3 rings (SSSR count). The van der Waals surface area contributed by atoms with E-state index in [0.29, 0.717) is 27.4 Å². The first-order valence-electron chi connectivity index (χ1n) is 7.92. The number of nitrogens with zero attached hydrogens (tertiary/aromatic N) is 1. The number of esters is 1. The molecule has 1 fully saturated rings. The summed E-state index contributed by atoms with van der Waals surface area (Å²) in [6, 6.07) is -0.193. The van der Waals surface area contributed by atoms with Crippen LogP contribution in [0.4, 0.5) is 0 Å². The van der Waals surface area contributed by atoms with E-state index in [1.165, 1.54) is 7.11 Å². The summed E-state index contributed by atoms with van der Waals surface area (Å²) in [5.74, 6) is -0.599. The van der Waals surface area contributed by atoms with Gasteiger partial charge in [-0.15, -0.1) is 0 Å². The number of fused-ring (bicyclic) bond motifs is 2. The van der Waals surface area contributed by atoms with Crippen molar-refractivity contribution in [3.8, 4) is 0 Å². The van der Waals surface area contributed by atoms with Gasteiger partial charge in [-0.2, -0.15) is 0 Å². The number of hydrogen-bond acceptors (Lipinski definition) is 6. The van der Waals surface area contributed by atoms with Gasteiger partial charge in [0.15, 0.2) is 0 Å². The maximum atomic E-state index is 12.6. The summed E-state index contributed by atoms with van der Waals surface area (Å²) in [7, 11) is 3.16. The third kappa shape index (κ3) is 2.16. The van der Waals surface area contributed by atoms with Crippen LogP contribution in [0.15, 0.2) is 31.9 Å². The van der Waals surface area contributed by atoms with Gasteiger partial charge in [0.1, 0.15) is 0 Å². The van der Waals surface area contributed by atoms with Crippen molar-refractivity contribution in [1.82, 2.24) is 4.90 Å². The first-order valence-corrected chi connectivity index (χ1v) is 14.7. The molecule has 2 heterocycles. The Morgan fingerprint density at radius 1 is 1.24 bits per heavy atom. The van der Waals surface area contributed by atoms with Crippen LogP contribution in [0.5, 0.6) is 0 Å². The molecule has 2 atom stereocenters. The van der Waals surface area contributed by atoms with E-state index in [1.807, 2.05) is 20.1 Å². The van der Waals surface area contributed by atoms with Crippen LogP contribution < -0.4 is 0 Å². The molecule has 2 bridgehead atoms. The molecule has 0 N–H and O–H groups in total. The van der Waals surface area contributed by atoms with Gasteiger partial charge in [-0.05, 0) is 0 Å². The van der Waals surface area contributed by atoms with Gasteiger partial charge in [0.2, 0.25) is 0 Å². The van der Waals surface area contributed by atoms with E-state index in [1.54, 1.807) is 18.2 Å². The number of carbonyl (C=O) groups is 1. The van der Waals surface area contributed by atoms with Gasteiger partial charge >= 0.3 is 145 Å². The van der Waals surface area contributed by atoms with Crippen molar-refractivity contribution < 1.29 is 36.9 Å². The number of methoxy groups -OCH3 is 1. The fourth-order valence-electron chi connectivity index (χ4n) is 4.00. The molecular weight excluding hydrogens is 496 g/mol. The first-order chi connectivity index (χ1) is 12.0. The Labute approximate surface area is 144 Å². The van der Waals surface area contributed by atoms with Gasteiger partial charge in [0.25, 0.3) is 0 Å². The maximum absolute atomic E-state index is 12.6. The van der Waals surface area contributed by atoms with E-state index in [-0.39, 0.29) is 17.7 Å². The fraction of sp³-hybridized carbons (Fsp3) is 0.444. The number of likely N-dealkylation sites (N-methyl/N-ethyl adjacent to an activating group) is 1. The van der Waals surface area contributed by atoms with Crippen LogP contribution in [0, 0.1) is 0 Å². The molecule has 0 unspecified atom stereocenters. The van der Waals surface area contributed by atoms with Gasteiger partial charge in [-0.25, -0.2) is 0 Å². The molecule has 0 saturated carbocycles. The molecule has 133 valence electrons. The number of allylic oxidation sites excluding steroid dienone is 4. The Morgan fingerprint density at radius 3 is 2.44 bits per heavy atom. The van der Waals surface area contributed by atoms with E-state index in [4.69, 9.17) is 4.74 Å². The van der Waals surface area contributed by atoms with Crippen LogP contribution in [0.25, 0.3) is 0 Å². The predicted molar refractivity (Wildman–Crippen MR) is 87.2 cm³/mol. The summed E-state index contributed by atoms with van der Waals surface area (Å²) in [6.07, 6.45) is 7.24. The standard InChI is InChI=1S/C10H14NO2.C5H5.3CO.Re/c1-11-7-3-5-8(10(12)13-2)9(11)6-4-7;1-2-4-5-3-1;3*1-2;/h7,9H,3-4,6H2,1-2H3;1-3H,4H2;;;;/t7-,9-;;;;;/m1...../s1. The monoisotopic (exact) mass is 516 g/mol. The molecule has 7 heteroatoms. The van der Waals surface area contributed by atoms with Crippen LogP contribution in [-0.2, 0) is 36.9 Å². The second-order valence-electron chi connectivity index (χ2n) is 6.35. The van der Waals surface area contributed by atoms with Crippen LogP contribution in [0.1, 0.15) is 25.7 Å². The molecule has 0 aromatic carbocycles. The van der Waals surface area contributed by atoms with E-state index in [9.17, 15) is 19.2 Å². The molecule has 3 aliphatic rings. The molecule has 25 heavy (non-hydrogen) atoms. The van der Waals surface area contributed by atoms with Crippen molar-refractivity contribution in [2.75, 3.05) is 14.2 Å². The number of hydrogen-bond donors (Lipinski definition) is 0. The fourth-order valence-corrected chi connectivity index (χ4v) is 14.0. The second-order valence-corrected chi connectivity index (χ2v) is 18.2. The Kier molecular flexibility index (Phi) is 4.35. The third-order valence-corrected chi connectivity index (χ3v) is 17.8. The van der Waals surface area contributed by atoms with E-state index < -0.39 is 18.9 Å². The topological polar surface area (TPSA) is 80.8 Å². The third-order valence-electron chi connectivity index (χ3n) is 5.42. The van der Waals surface area contributed by atoms with E-state index in [2.05, 4.69) is 4.90 Å². The molecule has 1 aliphatic carbocycles. The summed E-state index contributed by atoms with van der Waals surface area (Å²) in [6.45, 7) is 0. The van der Waals surface area contributed by atoms with Crippen molar-refractivity contribution >= 4 is 19.0 Å². The number of carbonyl (C=O) groups excluding carboxylic acids is 4. The zero-order valence-corrected chi connectivity index (χ0v) is 16.8. The molecule has 0 aromatic rings. The van der Waals surface area contributed by atoms with Crippen molar-refractivity contribution in [3.63, 3.8) is 0 Å². The van der Waals surface area contributed by atoms with Crippen LogP contribution in [-0.4, -0.2) is 50.2 Å². The molecule has 0 spiro atoms. The molecule has 0 amide bonds. The predicted octanol–water partition coefficient (Wildman–Crippen LogP) is 1.01. The van der Waals surface area contributed by atoms with Crippen LogP contribution >= 0.6 is 0 Å². The van der Waals surface area contributed by atoms with Crippen LogP contribution in [0.3, 0.4) is 0 Å². The average Bonchev–Trinajstić information content (AvgIpc) is 3.25. The van der Waals surface area contributed by atoms with Crippen molar-refractivity contribution in [2.45, 2.75) is 37.8 Å². The Hall–Kier alpha value is -1.95. The summed E-state index contributed by atoms with van der Waals surface area (Å²) < 4.78 is 11.2. The van der Waals surface area contributed by atoms with Gasteiger partial charge in [0, 0.05) is 0 Å². The molecule has 6 nitrogen and oxygen atoms in total. The molecular formula is C18H19NO5Re. The minimum atomic E-state index is -5.76. The summed E-state index contributed by atoms with van der Waals surface area (Å²) in [4.78, 5) is 51.3. The summed E-state index contributed by atoms with van der Waals surface area (Å²) in [5.41, 5.74) is 0.268. The van der Waals surface area contributed by atoms with Gasteiger partial charge < -0.3 is 0 Å². The Balaban J connectivity index is 2.52. The molecule has 0 radical (unpaired) electrons. The zero-order valence-electron chi connectivity index (χ0n) is 14.1. The first kappa shape index (κ1) is 17.9. The van der Waals surface area contributed by atoms with E-state index in [0.717, 1.165) is 6.42 Å². The molecule has 2 aliphatic heterocycles. The number of ether oxygens (including phenoxy) is 1. The summed E-state index contributed by atoms with van der Waals surface area (Å²) in [5, 5.41) is 0. The molecule has 1 saturated heterocycles. The normalized spacial score (nSPS) is 27.0. The second kappa shape index (κ2) is 6.09. The minimum absolute atomic E-state index is 0.0735. The van der Waals surface area contributed by atoms with Gasteiger partial charge in [-0.3, -0.25) is 0 Å². The summed E-state index contributed by atoms with van der Waals surface area (Å²) >= 11 is -5.76.